The van der Waals surface area contributed by atoms with E-state index >= 15 is 0 Å². The van der Waals surface area contributed by atoms with E-state index in [1.807, 2.05) is 0 Å². The van der Waals surface area contributed by atoms with Crippen LogP contribution in [0.2, 0.25) is 5.02 Å². The molecule has 0 radical (unpaired) electrons. The highest BCUT2D eigenvalue weighted by Crippen LogP contribution is 2.22. The van der Waals surface area contributed by atoms with Gasteiger partial charge in [-0.15, -0.1) is 13.2 Å². The Balaban J connectivity index is 3.26. The van der Waals surface area contributed by atoms with Gasteiger partial charge in [-0.05, 0) is 18.2 Å². The highest BCUT2D eigenvalue weighted by atomic mass is 35.5. The third-order valence-electron chi connectivity index (χ3n) is 2.58. The number of nitrogens with zero attached hydrogens (tertiary/aromatic N) is 1. The van der Waals surface area contributed by atoms with Gasteiger partial charge in [-0.1, -0.05) is 23.8 Å². The number of halogens is 1. The summed E-state index contributed by atoms with van der Waals surface area (Å²) in [6.45, 7) is 7.81. The van der Waals surface area contributed by atoms with E-state index in [9.17, 15) is 13.2 Å². The lowest BCUT2D eigenvalue weighted by molar-refractivity contribution is 0.0791. The fraction of sp³-hybridized carbons (Fsp3) is 0.214. The average Bonchev–Trinajstić information content (AvgIpc) is 2.37. The Labute approximate surface area is 124 Å². The molecule has 0 N–H and O–H groups in total. The molecule has 4 nitrogen and oxygen atoms in total. The van der Waals surface area contributed by atoms with Crippen molar-refractivity contribution in [1.82, 2.24) is 4.90 Å². The molecule has 0 unspecified atom stereocenters. The molecule has 1 rings (SSSR count). The number of hydrogen-bond donors (Lipinski definition) is 0. The van der Waals surface area contributed by atoms with Gasteiger partial charge in [0, 0.05) is 19.3 Å². The predicted octanol–water partition coefficient (Wildman–Crippen LogP) is 2.56. The van der Waals surface area contributed by atoms with E-state index in [4.69, 9.17) is 11.6 Å². The van der Waals surface area contributed by atoms with Crippen molar-refractivity contribution in [2.24, 2.45) is 0 Å². The monoisotopic (exact) mass is 313 g/mol. The van der Waals surface area contributed by atoms with Crippen LogP contribution >= 0.6 is 11.6 Å². The summed E-state index contributed by atoms with van der Waals surface area (Å²) in [5, 5.41) is 0.209. The summed E-state index contributed by atoms with van der Waals surface area (Å²) >= 11 is 5.99. The normalized spacial score (nSPS) is 10.9. The van der Waals surface area contributed by atoms with Gasteiger partial charge in [-0.3, -0.25) is 4.79 Å². The lowest BCUT2D eigenvalue weighted by atomic mass is 10.2. The van der Waals surface area contributed by atoms with Gasteiger partial charge in [-0.25, -0.2) is 8.42 Å². The molecular formula is C14H16ClNO3S. The second kappa shape index (κ2) is 6.72. The van der Waals surface area contributed by atoms with E-state index in [-0.39, 0.29) is 21.4 Å². The number of amides is 1. The van der Waals surface area contributed by atoms with Crippen LogP contribution in [0.3, 0.4) is 0 Å². The van der Waals surface area contributed by atoms with Crippen molar-refractivity contribution < 1.29 is 13.2 Å². The van der Waals surface area contributed by atoms with E-state index in [2.05, 4.69) is 13.2 Å². The van der Waals surface area contributed by atoms with Crippen LogP contribution in [0.25, 0.3) is 0 Å². The van der Waals surface area contributed by atoms with Crippen molar-refractivity contribution in [3.05, 3.63) is 54.1 Å². The van der Waals surface area contributed by atoms with Gasteiger partial charge in [0.15, 0.2) is 9.84 Å². The van der Waals surface area contributed by atoms with Gasteiger partial charge in [0.1, 0.15) is 0 Å². The number of rotatable bonds is 6. The molecule has 20 heavy (non-hydrogen) atoms. The Kier molecular flexibility index (Phi) is 5.53. The lowest BCUT2D eigenvalue weighted by Gasteiger charge is -2.20. The minimum atomic E-state index is -3.40. The van der Waals surface area contributed by atoms with Crippen molar-refractivity contribution in [2.45, 2.75) is 4.90 Å². The molecular weight excluding hydrogens is 298 g/mol. The largest absolute Gasteiger partial charge is 0.331 e. The smallest absolute Gasteiger partial charge is 0.255 e. The van der Waals surface area contributed by atoms with Crippen molar-refractivity contribution in [3.63, 3.8) is 0 Å². The fourth-order valence-corrected chi connectivity index (χ4v) is 2.47. The molecule has 0 fully saturated rings. The minimum Gasteiger partial charge on any atom is -0.331 e. The first-order chi connectivity index (χ1) is 9.31. The third kappa shape index (κ3) is 3.95. The molecule has 0 bridgehead atoms. The van der Waals surface area contributed by atoms with Gasteiger partial charge >= 0.3 is 0 Å². The molecule has 1 aromatic carbocycles. The number of hydrogen-bond acceptors (Lipinski definition) is 3. The number of carbonyl (C=O) groups is 1. The molecule has 0 aliphatic rings. The van der Waals surface area contributed by atoms with Gasteiger partial charge in [0.05, 0.1) is 15.5 Å². The van der Waals surface area contributed by atoms with E-state index < -0.39 is 9.84 Å². The maximum atomic E-state index is 12.4. The SMILES string of the molecule is C=CCN(CC=C)C(=O)c1cc(S(C)(=O)=O)ccc1Cl. The maximum absolute atomic E-state index is 12.4. The molecule has 0 atom stereocenters. The zero-order chi connectivity index (χ0) is 15.3. The minimum absolute atomic E-state index is 0.0578. The van der Waals surface area contributed by atoms with Crippen LogP contribution in [0.1, 0.15) is 10.4 Å². The second-order valence-corrected chi connectivity index (χ2v) is 6.62. The van der Waals surface area contributed by atoms with Crippen LogP contribution < -0.4 is 0 Å². The number of benzene rings is 1. The summed E-state index contributed by atoms with van der Waals surface area (Å²) in [5.41, 5.74) is 0.151. The van der Waals surface area contributed by atoms with Crippen molar-refractivity contribution in [2.75, 3.05) is 19.3 Å². The van der Waals surface area contributed by atoms with Crippen LogP contribution in [0.5, 0.6) is 0 Å². The summed E-state index contributed by atoms with van der Waals surface area (Å²) in [6.07, 6.45) is 4.24. The topological polar surface area (TPSA) is 54.5 Å². The first kappa shape index (κ1) is 16.5. The number of sulfone groups is 1. The molecule has 1 amide bonds. The highest BCUT2D eigenvalue weighted by molar-refractivity contribution is 7.90. The zero-order valence-corrected chi connectivity index (χ0v) is 12.7. The van der Waals surface area contributed by atoms with Crippen LogP contribution in [0, 0.1) is 0 Å². The van der Waals surface area contributed by atoms with Crippen molar-refractivity contribution in [1.29, 1.82) is 0 Å². The summed E-state index contributed by atoms with van der Waals surface area (Å²) in [5.74, 6) is -0.361. The molecule has 6 heteroatoms. The maximum Gasteiger partial charge on any atom is 0.255 e. The quantitative estimate of drug-likeness (QED) is 0.758. The molecule has 1 aromatic rings. The molecule has 0 saturated carbocycles. The molecule has 0 aliphatic heterocycles. The Hall–Kier alpha value is -1.59. The summed E-state index contributed by atoms with van der Waals surface area (Å²) in [7, 11) is -3.40. The van der Waals surface area contributed by atoms with Crippen molar-refractivity contribution >= 4 is 27.3 Å². The van der Waals surface area contributed by atoms with E-state index in [1.54, 1.807) is 12.2 Å². The van der Waals surface area contributed by atoms with Crippen LogP contribution in [0.4, 0.5) is 0 Å². The molecule has 0 aromatic heterocycles. The zero-order valence-electron chi connectivity index (χ0n) is 11.2. The summed E-state index contributed by atoms with van der Waals surface area (Å²) in [6, 6.07) is 4.07. The predicted molar refractivity (Wildman–Crippen MR) is 80.9 cm³/mol. The molecule has 0 saturated heterocycles. The Bertz CT molecular complexity index is 628. The van der Waals surface area contributed by atoms with E-state index in [1.165, 1.54) is 23.1 Å². The first-order valence-electron chi connectivity index (χ1n) is 5.82. The Morgan fingerprint density at radius 3 is 2.30 bits per heavy atom. The lowest BCUT2D eigenvalue weighted by Crippen LogP contribution is -2.31. The average molecular weight is 314 g/mol. The Morgan fingerprint density at radius 1 is 1.30 bits per heavy atom. The van der Waals surface area contributed by atoms with E-state index in [0.29, 0.717) is 13.1 Å². The van der Waals surface area contributed by atoms with Crippen molar-refractivity contribution in [3.8, 4) is 0 Å². The van der Waals surface area contributed by atoms with Gasteiger partial charge in [0.2, 0.25) is 0 Å². The first-order valence-corrected chi connectivity index (χ1v) is 8.09. The van der Waals surface area contributed by atoms with Gasteiger partial charge < -0.3 is 4.90 Å². The standard InChI is InChI=1S/C14H16ClNO3S/c1-4-8-16(9-5-2)14(17)12-10-11(20(3,18)19)6-7-13(12)15/h4-7,10H,1-2,8-9H2,3H3. The molecule has 0 aliphatic carbocycles. The van der Waals surface area contributed by atoms with Crippen LogP contribution in [0.15, 0.2) is 48.4 Å². The molecule has 108 valence electrons. The second-order valence-electron chi connectivity index (χ2n) is 4.20. The van der Waals surface area contributed by atoms with Gasteiger partial charge in [-0.2, -0.15) is 0 Å². The summed E-state index contributed by atoms with van der Waals surface area (Å²) < 4.78 is 23.1. The van der Waals surface area contributed by atoms with E-state index in [0.717, 1.165) is 6.26 Å². The third-order valence-corrected chi connectivity index (χ3v) is 4.02. The molecule has 0 heterocycles. The van der Waals surface area contributed by atoms with Crippen LogP contribution in [-0.4, -0.2) is 38.6 Å². The Morgan fingerprint density at radius 2 is 1.85 bits per heavy atom. The number of carbonyl (C=O) groups excluding carboxylic acids is 1. The highest BCUT2D eigenvalue weighted by Gasteiger charge is 2.19. The molecule has 0 spiro atoms. The summed E-state index contributed by atoms with van der Waals surface area (Å²) in [4.78, 5) is 13.9. The van der Waals surface area contributed by atoms with Crippen LogP contribution in [-0.2, 0) is 9.84 Å². The fourth-order valence-electron chi connectivity index (χ4n) is 1.62. The van der Waals surface area contributed by atoms with Gasteiger partial charge in [0.25, 0.3) is 5.91 Å².